The van der Waals surface area contributed by atoms with Crippen LogP contribution in [-0.2, 0) is 9.53 Å². The van der Waals surface area contributed by atoms with E-state index in [4.69, 9.17) is 15.3 Å². The molecule has 0 aromatic heterocycles. The molecule has 0 radical (unpaired) electrons. The molecule has 0 atom stereocenters. The van der Waals surface area contributed by atoms with Crippen LogP contribution < -0.4 is 0 Å². The van der Waals surface area contributed by atoms with Crippen LogP contribution in [0.4, 0.5) is 0 Å². The molecule has 0 amide bonds. The molecule has 0 unspecified atom stereocenters. The molecule has 0 spiro atoms. The molecule has 0 saturated carbocycles. The van der Waals surface area contributed by atoms with E-state index in [9.17, 15) is 4.79 Å². The molecule has 0 aliphatic carbocycles. The fourth-order valence-electron chi connectivity index (χ4n) is 3.56. The summed E-state index contributed by atoms with van der Waals surface area (Å²) >= 11 is 0. The Kier molecular flexibility index (Phi) is 19.2. The van der Waals surface area contributed by atoms with Crippen LogP contribution in [0.1, 0.15) is 128 Å². The molecule has 5 nitrogen and oxygen atoms in total. The second-order valence-corrected chi connectivity index (χ2v) is 8.21. The van der Waals surface area contributed by atoms with E-state index < -0.39 is 5.97 Å². The summed E-state index contributed by atoms with van der Waals surface area (Å²) in [5.41, 5.74) is 0. The fraction of sp³-hybridized carbons (Fsp3) is 0.957. The first kappa shape index (κ1) is 27.4. The maximum absolute atomic E-state index is 11.0. The summed E-state index contributed by atoms with van der Waals surface area (Å²) < 4.78 is 4.64. The Hall–Kier alpha value is -0.650. The van der Waals surface area contributed by atoms with E-state index in [1.807, 2.05) is 0 Å². The van der Waals surface area contributed by atoms with E-state index in [1.54, 1.807) is 0 Å². The minimum absolute atomic E-state index is 0.0457. The van der Waals surface area contributed by atoms with Crippen molar-refractivity contribution in [3.63, 3.8) is 0 Å². The molecule has 0 aliphatic heterocycles. The smallest absolute Gasteiger partial charge is 0.305 e. The van der Waals surface area contributed by atoms with Crippen LogP contribution in [-0.4, -0.2) is 34.4 Å². The lowest BCUT2D eigenvalue weighted by Crippen LogP contribution is -2.26. The maximum Gasteiger partial charge on any atom is 0.305 e. The molecule has 28 heavy (non-hydrogen) atoms. The zero-order chi connectivity index (χ0) is 20.9. The number of rotatable bonds is 21. The third-order valence-electron chi connectivity index (χ3n) is 5.37. The molecule has 0 aliphatic rings. The van der Waals surface area contributed by atoms with Gasteiger partial charge in [-0.2, -0.15) is 0 Å². The summed E-state index contributed by atoms with van der Waals surface area (Å²) in [4.78, 5) is 11.0. The van der Waals surface area contributed by atoms with Gasteiger partial charge < -0.3 is 20.1 Å². The van der Waals surface area contributed by atoms with Crippen molar-refractivity contribution in [2.75, 3.05) is 7.11 Å². The van der Waals surface area contributed by atoms with Crippen molar-refractivity contribution in [2.24, 2.45) is 0 Å². The zero-order valence-electron chi connectivity index (χ0n) is 18.3. The van der Waals surface area contributed by atoms with Crippen LogP contribution in [0.5, 0.6) is 0 Å². The van der Waals surface area contributed by atoms with Gasteiger partial charge in [0.15, 0.2) is 0 Å². The number of hydrogen-bond donors (Lipinski definition) is 3. The Labute approximate surface area is 172 Å². The summed E-state index contributed by atoms with van der Waals surface area (Å²) in [7, 11) is 1.45. The van der Waals surface area contributed by atoms with Crippen molar-refractivity contribution >= 4 is 5.97 Å². The monoisotopic (exact) mass is 402 g/mol. The summed E-state index contributed by atoms with van der Waals surface area (Å²) in [5.74, 6) is -2.57. The molecule has 0 bridgehead atoms. The Bertz CT molecular complexity index is 338. The Morgan fingerprint density at radius 1 is 0.571 bits per heavy atom. The van der Waals surface area contributed by atoms with E-state index in [0.717, 1.165) is 25.7 Å². The van der Waals surface area contributed by atoms with E-state index in [0.29, 0.717) is 12.8 Å². The number of esters is 1. The van der Waals surface area contributed by atoms with Gasteiger partial charge in [-0.15, -0.1) is 0 Å². The van der Waals surface area contributed by atoms with Gasteiger partial charge in [0.2, 0.25) is 0 Å². The predicted octanol–water partition coefficient (Wildman–Crippen LogP) is 5.59. The average molecular weight is 403 g/mol. The Morgan fingerprint density at radius 2 is 0.857 bits per heavy atom. The summed E-state index contributed by atoms with van der Waals surface area (Å²) in [6, 6.07) is 0. The van der Waals surface area contributed by atoms with Gasteiger partial charge in [0, 0.05) is 12.8 Å². The molecule has 0 rings (SSSR count). The molecule has 5 heteroatoms. The van der Waals surface area contributed by atoms with Crippen LogP contribution >= 0.6 is 0 Å². The highest BCUT2D eigenvalue weighted by Crippen LogP contribution is 2.15. The van der Waals surface area contributed by atoms with Gasteiger partial charge in [-0.05, 0) is 12.8 Å². The first-order chi connectivity index (χ1) is 13.5. The lowest BCUT2D eigenvalue weighted by Gasteiger charge is -2.12. The molecular weight excluding hydrogens is 356 g/mol. The lowest BCUT2D eigenvalue weighted by atomic mass is 10.0. The fourth-order valence-corrected chi connectivity index (χ4v) is 3.56. The van der Waals surface area contributed by atoms with Crippen molar-refractivity contribution in [2.45, 2.75) is 134 Å². The Morgan fingerprint density at radius 3 is 1.14 bits per heavy atom. The number of ether oxygens (including phenoxy) is 1. The molecule has 0 saturated heterocycles. The number of methoxy groups -OCH3 is 1. The largest absolute Gasteiger partial charge is 0.469 e. The van der Waals surface area contributed by atoms with E-state index >= 15 is 0 Å². The third kappa shape index (κ3) is 23.4. The first-order valence-electron chi connectivity index (χ1n) is 11.7. The van der Waals surface area contributed by atoms with Crippen LogP contribution in [0.2, 0.25) is 0 Å². The number of aliphatic hydroxyl groups is 3. The standard InChI is InChI=1S/C23H46O5/c1-28-22(24)20-18-16-14-12-10-8-6-4-2-3-5-7-9-11-13-15-17-19-21-23(25,26)27/h25-27H,2-21H2,1H3. The van der Waals surface area contributed by atoms with Crippen molar-refractivity contribution in [1.82, 2.24) is 0 Å². The molecule has 0 aromatic carbocycles. The topological polar surface area (TPSA) is 87.0 Å². The van der Waals surface area contributed by atoms with Crippen molar-refractivity contribution in [3.8, 4) is 0 Å². The summed E-state index contributed by atoms with van der Waals surface area (Å²) in [6.07, 6.45) is 22.6. The molecule has 0 fully saturated rings. The number of hydrogen-bond acceptors (Lipinski definition) is 5. The van der Waals surface area contributed by atoms with Gasteiger partial charge in [0.05, 0.1) is 7.11 Å². The van der Waals surface area contributed by atoms with E-state index in [1.165, 1.54) is 90.6 Å². The molecule has 3 N–H and O–H groups in total. The number of unbranched alkanes of at least 4 members (excludes halogenated alkanes) is 17. The van der Waals surface area contributed by atoms with Gasteiger partial charge in [-0.25, -0.2) is 0 Å². The maximum atomic E-state index is 11.0. The molecule has 168 valence electrons. The van der Waals surface area contributed by atoms with Crippen LogP contribution in [0, 0.1) is 0 Å². The quantitative estimate of drug-likeness (QED) is 0.132. The van der Waals surface area contributed by atoms with Crippen LogP contribution in [0.25, 0.3) is 0 Å². The minimum atomic E-state index is -2.48. The number of carbonyl (C=O) groups is 1. The van der Waals surface area contributed by atoms with Crippen LogP contribution in [0.3, 0.4) is 0 Å². The normalized spacial score (nSPS) is 11.7. The summed E-state index contributed by atoms with van der Waals surface area (Å²) in [5, 5.41) is 26.3. The van der Waals surface area contributed by atoms with Crippen LogP contribution in [0.15, 0.2) is 0 Å². The highest BCUT2D eigenvalue weighted by molar-refractivity contribution is 5.68. The zero-order valence-corrected chi connectivity index (χ0v) is 18.3. The third-order valence-corrected chi connectivity index (χ3v) is 5.37. The SMILES string of the molecule is COC(=O)CCCCCCCCCCCCCCCCCCCCC(O)(O)O. The van der Waals surface area contributed by atoms with E-state index in [2.05, 4.69) is 4.74 Å². The highest BCUT2D eigenvalue weighted by atomic mass is 16.7. The van der Waals surface area contributed by atoms with Gasteiger partial charge in [-0.1, -0.05) is 103 Å². The highest BCUT2D eigenvalue weighted by Gasteiger charge is 2.16. The van der Waals surface area contributed by atoms with Crippen molar-refractivity contribution in [1.29, 1.82) is 0 Å². The predicted molar refractivity (Wildman–Crippen MR) is 114 cm³/mol. The minimum Gasteiger partial charge on any atom is -0.469 e. The second kappa shape index (κ2) is 19.7. The molecule has 0 aromatic rings. The Balaban J connectivity index is 3.06. The van der Waals surface area contributed by atoms with Gasteiger partial charge in [0.25, 0.3) is 5.97 Å². The molecular formula is C23H46O5. The summed E-state index contributed by atoms with van der Waals surface area (Å²) in [6.45, 7) is 0. The second-order valence-electron chi connectivity index (χ2n) is 8.21. The van der Waals surface area contributed by atoms with Crippen molar-refractivity contribution in [3.05, 3.63) is 0 Å². The van der Waals surface area contributed by atoms with Gasteiger partial charge >= 0.3 is 5.97 Å². The first-order valence-corrected chi connectivity index (χ1v) is 11.7. The van der Waals surface area contributed by atoms with Gasteiger partial charge in [0.1, 0.15) is 0 Å². The molecule has 0 heterocycles. The lowest BCUT2D eigenvalue weighted by molar-refractivity contribution is -0.315. The van der Waals surface area contributed by atoms with E-state index in [-0.39, 0.29) is 12.4 Å². The number of carbonyl (C=O) groups excluding carboxylic acids is 1. The van der Waals surface area contributed by atoms with Crippen molar-refractivity contribution < 1.29 is 24.9 Å². The average Bonchev–Trinajstić information content (AvgIpc) is 2.65. The van der Waals surface area contributed by atoms with Gasteiger partial charge in [-0.3, -0.25) is 4.79 Å².